The number of fused-ring (bicyclic) bond motifs is 2. The Morgan fingerprint density at radius 2 is 1.09 bits per heavy atom. The van der Waals surface area contributed by atoms with Gasteiger partial charge in [0.1, 0.15) is 23.7 Å². The third kappa shape index (κ3) is 5.49. The van der Waals surface area contributed by atoms with Crippen LogP contribution in [0.2, 0.25) is 0 Å². The molecule has 10 heteroatoms. The Morgan fingerprint density at radius 3 is 1.50 bits per heavy atom. The molecule has 0 saturated heterocycles. The van der Waals surface area contributed by atoms with Crippen molar-refractivity contribution in [2.24, 2.45) is 0 Å². The fourth-order valence-electron chi connectivity index (χ4n) is 3.14. The minimum absolute atomic E-state index is 0.423. The lowest BCUT2D eigenvalue weighted by molar-refractivity contribution is 0.626. The summed E-state index contributed by atoms with van der Waals surface area (Å²) in [6, 6.07) is 0. The van der Waals surface area contributed by atoms with Crippen molar-refractivity contribution in [1.29, 1.82) is 0 Å². The number of rotatable bonds is 8. The quantitative estimate of drug-likeness (QED) is 0.321. The van der Waals surface area contributed by atoms with Crippen LogP contribution in [0.5, 0.6) is 0 Å². The van der Waals surface area contributed by atoms with Crippen LogP contribution in [0.4, 0.5) is 11.6 Å². The number of terminal acetylenes is 2. The highest BCUT2D eigenvalue weighted by Crippen LogP contribution is 2.15. The van der Waals surface area contributed by atoms with Crippen LogP contribution in [0.15, 0.2) is 25.3 Å². The zero-order valence-electron chi connectivity index (χ0n) is 17.9. The Balaban J connectivity index is 0.000000181. The highest BCUT2D eigenvalue weighted by Gasteiger charge is 2.07. The van der Waals surface area contributed by atoms with Crippen LogP contribution in [0.25, 0.3) is 22.3 Å². The summed E-state index contributed by atoms with van der Waals surface area (Å²) >= 11 is 0. The van der Waals surface area contributed by atoms with E-state index in [9.17, 15) is 0 Å². The predicted octanol–water partition coefficient (Wildman–Crippen LogP) is 2.42. The fraction of sp³-hybridized carbons (Fsp3) is 0.364. The minimum Gasteiger partial charge on any atom is -0.382 e. The van der Waals surface area contributed by atoms with Crippen molar-refractivity contribution >= 4 is 34.0 Å². The maximum atomic E-state index is 5.69. The van der Waals surface area contributed by atoms with Gasteiger partial charge in [0.05, 0.1) is 12.7 Å². The first-order chi connectivity index (χ1) is 15.7. The van der Waals surface area contributed by atoms with Gasteiger partial charge in [0.2, 0.25) is 0 Å². The second-order valence-corrected chi connectivity index (χ2v) is 7.06. The molecule has 0 bridgehead atoms. The third-order valence-corrected chi connectivity index (χ3v) is 4.80. The lowest BCUT2D eigenvalue weighted by Crippen LogP contribution is -1.99. The van der Waals surface area contributed by atoms with Crippen molar-refractivity contribution < 1.29 is 0 Å². The Labute approximate surface area is 186 Å². The predicted molar refractivity (Wildman–Crippen MR) is 125 cm³/mol. The normalized spacial score (nSPS) is 10.4. The molecule has 0 atom stereocenters. The number of nitrogen functional groups attached to an aromatic ring is 2. The summed E-state index contributed by atoms with van der Waals surface area (Å²) in [5.41, 5.74) is 14.3. The van der Waals surface area contributed by atoms with Gasteiger partial charge in [-0.2, -0.15) is 0 Å². The van der Waals surface area contributed by atoms with Crippen LogP contribution < -0.4 is 11.5 Å². The molecule has 4 heterocycles. The molecule has 32 heavy (non-hydrogen) atoms. The molecule has 0 saturated carbocycles. The van der Waals surface area contributed by atoms with Crippen LogP contribution >= 0.6 is 0 Å². The van der Waals surface area contributed by atoms with E-state index < -0.39 is 0 Å². The Bertz CT molecular complexity index is 1140. The molecule has 4 N–H and O–H groups in total. The molecule has 4 aromatic heterocycles. The average molecular weight is 431 g/mol. The average Bonchev–Trinajstić information content (AvgIpc) is 3.41. The van der Waals surface area contributed by atoms with Gasteiger partial charge in [0, 0.05) is 25.9 Å². The van der Waals surface area contributed by atoms with E-state index in [2.05, 4.69) is 41.7 Å². The highest BCUT2D eigenvalue weighted by atomic mass is 15.1. The first kappa shape index (κ1) is 22.5. The van der Waals surface area contributed by atoms with Crippen molar-refractivity contribution in [1.82, 2.24) is 39.0 Å². The van der Waals surface area contributed by atoms with Gasteiger partial charge in [-0.15, -0.1) is 24.7 Å². The topological polar surface area (TPSA) is 139 Å². The third-order valence-electron chi connectivity index (χ3n) is 4.80. The number of hydrogen-bond acceptors (Lipinski definition) is 8. The van der Waals surface area contributed by atoms with Crippen molar-refractivity contribution in [2.45, 2.75) is 51.6 Å². The van der Waals surface area contributed by atoms with Gasteiger partial charge in [-0.1, -0.05) is 0 Å². The van der Waals surface area contributed by atoms with Gasteiger partial charge in [0.15, 0.2) is 22.9 Å². The number of aromatic nitrogens is 8. The molecular formula is C22H26N10. The van der Waals surface area contributed by atoms with E-state index in [-0.39, 0.29) is 0 Å². The molecule has 0 amide bonds. The molecule has 4 aromatic rings. The molecule has 0 spiro atoms. The molecular weight excluding hydrogens is 404 g/mol. The second-order valence-electron chi connectivity index (χ2n) is 7.06. The summed E-state index contributed by atoms with van der Waals surface area (Å²) in [7, 11) is 0. The van der Waals surface area contributed by atoms with Crippen LogP contribution in [0, 0.1) is 24.7 Å². The van der Waals surface area contributed by atoms with Gasteiger partial charge in [-0.05, 0) is 25.7 Å². The standard InChI is InChI=1S/2C11H13N5/c2*1-2-3-4-5-6-16-8-15-9-10(12)13-7-14-11(9)16/h2*1,7-8H,3-6H2,(H2,12,13,14). The maximum absolute atomic E-state index is 5.69. The zero-order chi connectivity index (χ0) is 22.8. The van der Waals surface area contributed by atoms with Crippen LogP contribution in [-0.2, 0) is 13.1 Å². The fourth-order valence-corrected chi connectivity index (χ4v) is 3.14. The van der Waals surface area contributed by atoms with Crippen LogP contribution in [0.1, 0.15) is 38.5 Å². The number of nitrogens with zero attached hydrogens (tertiary/aromatic N) is 8. The molecule has 164 valence electrons. The van der Waals surface area contributed by atoms with E-state index in [1.165, 1.54) is 12.7 Å². The van der Waals surface area contributed by atoms with Crippen molar-refractivity contribution in [3.8, 4) is 24.7 Å². The number of unbranched alkanes of at least 4 members (excludes halogenated alkanes) is 4. The molecule has 0 aliphatic rings. The van der Waals surface area contributed by atoms with Gasteiger partial charge < -0.3 is 20.6 Å². The Kier molecular flexibility index (Phi) is 7.93. The summed E-state index contributed by atoms with van der Waals surface area (Å²) in [4.78, 5) is 24.5. The summed E-state index contributed by atoms with van der Waals surface area (Å²) < 4.78 is 3.95. The van der Waals surface area contributed by atoms with Crippen molar-refractivity contribution in [2.75, 3.05) is 11.5 Å². The smallest absolute Gasteiger partial charge is 0.165 e. The number of nitrogens with two attached hydrogens (primary N) is 2. The zero-order valence-corrected chi connectivity index (χ0v) is 17.9. The molecule has 4 rings (SSSR count). The van der Waals surface area contributed by atoms with E-state index in [0.29, 0.717) is 22.7 Å². The molecule has 0 unspecified atom stereocenters. The first-order valence-corrected chi connectivity index (χ1v) is 10.3. The molecule has 10 nitrogen and oxygen atoms in total. The van der Waals surface area contributed by atoms with E-state index in [0.717, 1.165) is 62.9 Å². The molecule has 0 aliphatic heterocycles. The monoisotopic (exact) mass is 430 g/mol. The highest BCUT2D eigenvalue weighted by molar-refractivity contribution is 5.81. The molecule has 0 radical (unpaired) electrons. The van der Waals surface area contributed by atoms with Gasteiger partial charge in [-0.25, -0.2) is 29.9 Å². The number of anilines is 2. The van der Waals surface area contributed by atoms with E-state index >= 15 is 0 Å². The van der Waals surface area contributed by atoms with Crippen LogP contribution in [-0.4, -0.2) is 39.0 Å². The van der Waals surface area contributed by atoms with E-state index in [1.807, 2.05) is 9.13 Å². The maximum Gasteiger partial charge on any atom is 0.165 e. The second kappa shape index (κ2) is 11.3. The van der Waals surface area contributed by atoms with Gasteiger partial charge in [-0.3, -0.25) is 0 Å². The Hall–Kier alpha value is -4.18. The van der Waals surface area contributed by atoms with E-state index in [4.69, 9.17) is 24.3 Å². The largest absolute Gasteiger partial charge is 0.382 e. The summed E-state index contributed by atoms with van der Waals surface area (Å²) in [5, 5.41) is 0. The summed E-state index contributed by atoms with van der Waals surface area (Å²) in [6.07, 6.45) is 22.4. The number of hydrogen-bond donors (Lipinski definition) is 2. The SMILES string of the molecule is C#CCCCCn1cnc2c(N)ncnc21.C#CCCCCn1cnc2c(N)ncnc21. The van der Waals surface area contributed by atoms with Crippen molar-refractivity contribution in [3.63, 3.8) is 0 Å². The van der Waals surface area contributed by atoms with Crippen molar-refractivity contribution in [3.05, 3.63) is 25.3 Å². The van der Waals surface area contributed by atoms with E-state index in [1.54, 1.807) is 12.7 Å². The number of imidazole rings is 2. The lowest BCUT2D eigenvalue weighted by atomic mass is 10.2. The van der Waals surface area contributed by atoms with Crippen LogP contribution in [0.3, 0.4) is 0 Å². The Morgan fingerprint density at radius 1 is 0.656 bits per heavy atom. The molecule has 0 aliphatic carbocycles. The minimum atomic E-state index is 0.423. The van der Waals surface area contributed by atoms with Gasteiger partial charge >= 0.3 is 0 Å². The summed E-state index contributed by atoms with van der Waals surface area (Å²) in [6.45, 7) is 1.71. The lowest BCUT2D eigenvalue weighted by Gasteiger charge is -2.01. The first-order valence-electron chi connectivity index (χ1n) is 10.3. The molecule has 0 fully saturated rings. The van der Waals surface area contributed by atoms with Gasteiger partial charge in [0.25, 0.3) is 0 Å². The summed E-state index contributed by atoms with van der Waals surface area (Å²) in [5.74, 6) is 6.09. The molecule has 0 aromatic carbocycles. The number of aryl methyl sites for hydroxylation is 2.